The molecule has 9 aromatic rings. The molecule has 6 aromatic carbocycles. The van der Waals surface area contributed by atoms with Crippen LogP contribution in [0.1, 0.15) is 36.1 Å². The van der Waals surface area contributed by atoms with E-state index in [1.54, 1.807) is 0 Å². The maximum atomic E-state index is 2.60. The van der Waals surface area contributed by atoms with Crippen LogP contribution in [0.5, 0.6) is 0 Å². The molecule has 0 amide bonds. The van der Waals surface area contributed by atoms with Gasteiger partial charge in [0.1, 0.15) is 5.82 Å². The van der Waals surface area contributed by atoms with Crippen molar-refractivity contribution < 1.29 is 0 Å². The molecule has 3 heteroatoms. The fourth-order valence-electron chi connectivity index (χ4n) is 8.74. The Bertz CT molecular complexity index is 2770. The van der Waals surface area contributed by atoms with E-state index in [2.05, 4.69) is 160 Å². The van der Waals surface area contributed by atoms with Gasteiger partial charge >= 0.3 is 0 Å². The maximum absolute atomic E-state index is 2.60. The molecular weight excluding hydrogens is 558 g/mol. The van der Waals surface area contributed by atoms with Crippen LogP contribution >= 0.6 is 0 Å². The SMILES string of the molecule is CC1CC=C2c3c1n(-c1cc4ccccc4n1-c1ccccc1)c1ccc4ccc5c(c6c2cccc6n5-c2ccccc2)c4c31. The van der Waals surface area contributed by atoms with Gasteiger partial charge in [0, 0.05) is 55.5 Å². The lowest BCUT2D eigenvalue weighted by atomic mass is 9.84. The van der Waals surface area contributed by atoms with Crippen LogP contribution in [-0.4, -0.2) is 13.7 Å². The molecule has 2 aliphatic carbocycles. The van der Waals surface area contributed by atoms with Crippen molar-refractivity contribution in [1.29, 1.82) is 0 Å². The van der Waals surface area contributed by atoms with Gasteiger partial charge in [-0.15, -0.1) is 0 Å². The van der Waals surface area contributed by atoms with Crippen LogP contribution in [0, 0.1) is 0 Å². The monoisotopic (exact) mass is 587 g/mol. The van der Waals surface area contributed by atoms with Gasteiger partial charge in [0.2, 0.25) is 0 Å². The Morgan fingerprint density at radius 2 is 1.15 bits per heavy atom. The van der Waals surface area contributed by atoms with E-state index in [0.29, 0.717) is 5.92 Å². The third kappa shape index (κ3) is 2.94. The molecule has 11 rings (SSSR count). The van der Waals surface area contributed by atoms with Crippen LogP contribution in [-0.2, 0) is 0 Å². The van der Waals surface area contributed by atoms with Gasteiger partial charge in [0.15, 0.2) is 0 Å². The zero-order valence-electron chi connectivity index (χ0n) is 25.4. The summed E-state index contributed by atoms with van der Waals surface area (Å²) >= 11 is 0. The quantitative estimate of drug-likeness (QED) is 0.195. The Morgan fingerprint density at radius 3 is 1.93 bits per heavy atom. The van der Waals surface area contributed by atoms with E-state index in [1.165, 1.54) is 94.0 Å². The summed E-state index contributed by atoms with van der Waals surface area (Å²) in [6.07, 6.45) is 3.53. The van der Waals surface area contributed by atoms with Gasteiger partial charge in [-0.05, 0) is 77.5 Å². The molecule has 0 spiro atoms. The molecule has 0 saturated heterocycles. The lowest BCUT2D eigenvalue weighted by Gasteiger charge is -2.24. The molecule has 0 aliphatic heterocycles. The molecule has 3 heterocycles. The third-order valence-electron chi connectivity index (χ3n) is 10.6. The molecular formula is C43H29N3. The predicted molar refractivity (Wildman–Crippen MR) is 192 cm³/mol. The number of para-hydroxylation sites is 3. The van der Waals surface area contributed by atoms with Crippen molar-refractivity contribution in [3.8, 4) is 17.2 Å². The van der Waals surface area contributed by atoms with Crippen molar-refractivity contribution >= 4 is 60.0 Å². The molecule has 46 heavy (non-hydrogen) atoms. The molecule has 3 aromatic heterocycles. The van der Waals surface area contributed by atoms with Crippen molar-refractivity contribution in [3.63, 3.8) is 0 Å². The van der Waals surface area contributed by atoms with Gasteiger partial charge in [0.05, 0.1) is 22.1 Å². The van der Waals surface area contributed by atoms with E-state index in [-0.39, 0.29) is 0 Å². The first-order valence-electron chi connectivity index (χ1n) is 16.3. The number of allylic oxidation sites excluding steroid dienone is 1. The Hall–Kier alpha value is -5.80. The van der Waals surface area contributed by atoms with Crippen molar-refractivity contribution in [2.75, 3.05) is 0 Å². The van der Waals surface area contributed by atoms with Crippen molar-refractivity contribution in [1.82, 2.24) is 13.7 Å². The zero-order valence-corrected chi connectivity index (χ0v) is 25.4. The summed E-state index contributed by atoms with van der Waals surface area (Å²) in [7, 11) is 0. The fourth-order valence-corrected chi connectivity index (χ4v) is 8.74. The average molecular weight is 588 g/mol. The smallest absolute Gasteiger partial charge is 0.123 e. The minimum atomic E-state index is 0.364. The van der Waals surface area contributed by atoms with Crippen molar-refractivity contribution in [2.45, 2.75) is 19.3 Å². The topological polar surface area (TPSA) is 14.8 Å². The molecule has 2 aliphatic rings. The van der Waals surface area contributed by atoms with Crippen LogP contribution in [0.2, 0.25) is 0 Å². The number of nitrogens with zero attached hydrogens (tertiary/aromatic N) is 3. The summed E-state index contributed by atoms with van der Waals surface area (Å²) < 4.78 is 7.52. The maximum Gasteiger partial charge on any atom is 0.123 e. The second-order valence-corrected chi connectivity index (χ2v) is 13.0. The Balaban J connectivity index is 1.38. The van der Waals surface area contributed by atoms with E-state index < -0.39 is 0 Å². The van der Waals surface area contributed by atoms with Crippen LogP contribution in [0.25, 0.3) is 77.1 Å². The van der Waals surface area contributed by atoms with Crippen molar-refractivity contribution in [2.24, 2.45) is 0 Å². The summed E-state index contributed by atoms with van der Waals surface area (Å²) in [5.41, 5.74) is 12.9. The normalized spacial score (nSPS) is 15.3. The van der Waals surface area contributed by atoms with E-state index in [4.69, 9.17) is 0 Å². The van der Waals surface area contributed by atoms with Crippen LogP contribution in [0.3, 0.4) is 0 Å². The summed E-state index contributed by atoms with van der Waals surface area (Å²) in [4.78, 5) is 0. The number of hydrogen-bond donors (Lipinski definition) is 0. The number of benzene rings is 6. The Morgan fingerprint density at radius 1 is 0.500 bits per heavy atom. The number of rotatable bonds is 3. The minimum Gasteiger partial charge on any atom is -0.309 e. The van der Waals surface area contributed by atoms with Crippen LogP contribution in [0.15, 0.2) is 140 Å². The third-order valence-corrected chi connectivity index (χ3v) is 10.6. The van der Waals surface area contributed by atoms with Crippen molar-refractivity contribution in [3.05, 3.63) is 156 Å². The number of fused-ring (bicyclic) bond motifs is 2. The summed E-state index contributed by atoms with van der Waals surface area (Å²) in [6, 6.07) is 49.2. The first-order valence-corrected chi connectivity index (χ1v) is 16.3. The molecule has 1 atom stereocenters. The summed E-state index contributed by atoms with van der Waals surface area (Å²) in [5, 5.41) is 8.03. The van der Waals surface area contributed by atoms with Gasteiger partial charge in [-0.1, -0.05) is 91.9 Å². The highest BCUT2D eigenvalue weighted by Crippen LogP contribution is 2.53. The van der Waals surface area contributed by atoms with E-state index >= 15 is 0 Å². The summed E-state index contributed by atoms with van der Waals surface area (Å²) in [5.74, 6) is 1.56. The summed E-state index contributed by atoms with van der Waals surface area (Å²) in [6.45, 7) is 2.41. The van der Waals surface area contributed by atoms with E-state index in [0.717, 1.165) is 6.42 Å². The number of aromatic nitrogens is 3. The largest absolute Gasteiger partial charge is 0.309 e. The zero-order chi connectivity index (χ0) is 30.1. The van der Waals surface area contributed by atoms with E-state index in [9.17, 15) is 0 Å². The standard InChI is InChI=1S/C43H29N3/c1-26-19-22-32-31-16-10-18-34-39(31)41-35(44(34)29-12-4-2-5-13-29)23-20-27-21-24-36-42(38(27)41)40(32)43(26)46(36)37-25-28-11-8-9-17-33(28)45(37)30-14-6-3-7-15-30/h2-18,20-26H,19H2,1H3. The lowest BCUT2D eigenvalue weighted by Crippen LogP contribution is -2.12. The Kier molecular flexibility index (Phi) is 4.62. The molecule has 0 saturated carbocycles. The van der Waals surface area contributed by atoms with Gasteiger partial charge in [-0.2, -0.15) is 0 Å². The van der Waals surface area contributed by atoms with Gasteiger partial charge < -0.3 is 4.57 Å². The van der Waals surface area contributed by atoms with Gasteiger partial charge in [-0.25, -0.2) is 0 Å². The molecule has 216 valence electrons. The molecule has 0 N–H and O–H groups in total. The highest BCUT2D eigenvalue weighted by molar-refractivity contribution is 6.34. The molecule has 0 fully saturated rings. The highest BCUT2D eigenvalue weighted by Gasteiger charge is 2.34. The molecule has 0 radical (unpaired) electrons. The first kappa shape index (κ1) is 24.5. The second-order valence-electron chi connectivity index (χ2n) is 13.0. The average Bonchev–Trinajstić information content (AvgIpc) is 3.74. The number of hydrogen-bond acceptors (Lipinski definition) is 0. The van der Waals surface area contributed by atoms with Crippen LogP contribution < -0.4 is 0 Å². The predicted octanol–water partition coefficient (Wildman–Crippen LogP) is 11.1. The highest BCUT2D eigenvalue weighted by atomic mass is 15.2. The van der Waals surface area contributed by atoms with Gasteiger partial charge in [-0.3, -0.25) is 9.13 Å². The molecule has 0 bridgehead atoms. The van der Waals surface area contributed by atoms with E-state index in [1.807, 2.05) is 0 Å². The first-order chi connectivity index (χ1) is 22.8. The minimum absolute atomic E-state index is 0.364. The molecule has 3 nitrogen and oxygen atoms in total. The van der Waals surface area contributed by atoms with Gasteiger partial charge in [0.25, 0.3) is 0 Å². The lowest BCUT2D eigenvalue weighted by molar-refractivity contribution is 0.713. The second kappa shape index (κ2) is 8.68. The molecule has 1 unspecified atom stereocenters. The fraction of sp³-hybridized carbons (Fsp3) is 0.0698. The van der Waals surface area contributed by atoms with Crippen LogP contribution in [0.4, 0.5) is 0 Å². The Labute approximate surface area is 265 Å².